The van der Waals surface area contributed by atoms with E-state index in [2.05, 4.69) is 10.0 Å². The first kappa shape index (κ1) is 22.8. The van der Waals surface area contributed by atoms with E-state index >= 15 is 0 Å². The third-order valence-electron chi connectivity index (χ3n) is 5.27. The summed E-state index contributed by atoms with van der Waals surface area (Å²) in [7, 11) is -3.79. The molecule has 1 unspecified atom stereocenters. The lowest BCUT2D eigenvalue weighted by Gasteiger charge is -2.26. The van der Waals surface area contributed by atoms with Crippen LogP contribution in [0.5, 0.6) is 5.75 Å². The summed E-state index contributed by atoms with van der Waals surface area (Å²) in [6.07, 6.45) is 2.73. The monoisotopic (exact) mass is 486 g/mol. The topological polar surface area (TPSA) is 122 Å². The van der Waals surface area contributed by atoms with Crippen LogP contribution in [0.2, 0.25) is 0 Å². The molecule has 1 aromatic heterocycles. The van der Waals surface area contributed by atoms with Crippen LogP contribution in [0.3, 0.4) is 0 Å². The summed E-state index contributed by atoms with van der Waals surface area (Å²) in [6, 6.07) is 14.5. The number of phenols is 1. The first-order valence-corrected chi connectivity index (χ1v) is 12.6. The maximum atomic E-state index is 12.3. The minimum absolute atomic E-state index is 0.0890. The normalized spacial score (nSPS) is 15.3. The molecule has 0 aliphatic heterocycles. The molecule has 0 bridgehead atoms. The molecule has 8 nitrogen and oxygen atoms in total. The van der Waals surface area contributed by atoms with Crippen LogP contribution in [-0.2, 0) is 26.0 Å². The van der Waals surface area contributed by atoms with Crippen molar-refractivity contribution < 1.29 is 27.9 Å². The highest BCUT2D eigenvalue weighted by molar-refractivity contribution is 7.94. The van der Waals surface area contributed by atoms with Crippen LogP contribution >= 0.6 is 11.3 Å². The fraction of sp³-hybridized carbons (Fsp3) is 0.217. The molecule has 0 saturated heterocycles. The molecule has 1 aliphatic rings. The van der Waals surface area contributed by atoms with E-state index in [9.17, 15) is 23.1 Å². The summed E-state index contributed by atoms with van der Waals surface area (Å²) >= 11 is 1.05. The molecule has 0 saturated carbocycles. The van der Waals surface area contributed by atoms with Crippen LogP contribution in [0.1, 0.15) is 40.4 Å². The van der Waals surface area contributed by atoms with Gasteiger partial charge in [0.2, 0.25) is 0 Å². The summed E-state index contributed by atoms with van der Waals surface area (Å²) in [6.45, 7) is -0.496. The lowest BCUT2D eigenvalue weighted by atomic mass is 9.88. The number of ether oxygens (including phenoxy) is 1. The van der Waals surface area contributed by atoms with E-state index in [1.54, 1.807) is 11.4 Å². The summed E-state index contributed by atoms with van der Waals surface area (Å²) in [4.78, 5) is 24.7. The number of carbonyl (C=O) groups is 2. The first-order valence-electron chi connectivity index (χ1n) is 10.3. The second kappa shape index (κ2) is 9.63. The molecule has 3 N–H and O–H groups in total. The highest BCUT2D eigenvalue weighted by Crippen LogP contribution is 2.29. The molecular formula is C23H22N2O6S2. The van der Waals surface area contributed by atoms with Gasteiger partial charge in [-0.15, -0.1) is 11.3 Å². The average Bonchev–Trinajstić information content (AvgIpc) is 3.34. The molecule has 0 spiro atoms. The molecule has 0 radical (unpaired) electrons. The van der Waals surface area contributed by atoms with Crippen molar-refractivity contribution in [3.63, 3.8) is 0 Å². The van der Waals surface area contributed by atoms with E-state index in [4.69, 9.17) is 4.74 Å². The Bertz CT molecular complexity index is 1270. The van der Waals surface area contributed by atoms with Gasteiger partial charge in [0.05, 0.1) is 11.7 Å². The second-order valence-corrected chi connectivity index (χ2v) is 10.4. The van der Waals surface area contributed by atoms with Crippen molar-refractivity contribution in [1.82, 2.24) is 5.32 Å². The van der Waals surface area contributed by atoms with Crippen LogP contribution in [-0.4, -0.2) is 32.0 Å². The van der Waals surface area contributed by atoms with Gasteiger partial charge in [0.15, 0.2) is 6.61 Å². The third kappa shape index (κ3) is 5.35. The fourth-order valence-electron chi connectivity index (χ4n) is 3.74. The number of phenolic OH excluding ortho intramolecular Hbond substituents is 1. The third-order valence-corrected chi connectivity index (χ3v) is 8.05. The zero-order valence-electron chi connectivity index (χ0n) is 17.5. The molecule has 3 aromatic rings. The SMILES string of the molecule is O=C(COC(=O)c1ccc(NS(=O)(=O)c2cccs2)cc1O)NC1CCCc2ccccc21. The summed E-state index contributed by atoms with van der Waals surface area (Å²) in [5, 5.41) is 14.7. The van der Waals surface area contributed by atoms with Crippen molar-refractivity contribution in [1.29, 1.82) is 0 Å². The van der Waals surface area contributed by atoms with Gasteiger partial charge < -0.3 is 15.2 Å². The first-order chi connectivity index (χ1) is 15.8. The Morgan fingerprint density at radius 3 is 2.70 bits per heavy atom. The van der Waals surface area contributed by atoms with E-state index in [1.807, 2.05) is 24.3 Å². The number of carbonyl (C=O) groups excluding carboxylic acids is 2. The molecule has 1 heterocycles. The van der Waals surface area contributed by atoms with Crippen LogP contribution in [0, 0.1) is 0 Å². The van der Waals surface area contributed by atoms with Gasteiger partial charge in [0.1, 0.15) is 15.5 Å². The maximum absolute atomic E-state index is 12.3. The van der Waals surface area contributed by atoms with Crippen LogP contribution < -0.4 is 10.0 Å². The van der Waals surface area contributed by atoms with Crippen molar-refractivity contribution in [2.75, 3.05) is 11.3 Å². The standard InChI is InChI=1S/C23H22N2O6S2/c26-20-13-16(25-33(29,30)22-9-4-12-32-22)10-11-18(20)23(28)31-14-21(27)24-19-8-3-6-15-5-1-2-7-17(15)19/h1-2,4-5,7,9-13,19,25-26H,3,6,8,14H2,(H,24,27). The molecule has 172 valence electrons. The van der Waals surface area contributed by atoms with Crippen molar-refractivity contribution in [2.24, 2.45) is 0 Å². The quantitative estimate of drug-likeness (QED) is 0.439. The Morgan fingerprint density at radius 1 is 1.12 bits per heavy atom. The molecule has 1 amide bonds. The van der Waals surface area contributed by atoms with Gasteiger partial charge in [-0.25, -0.2) is 13.2 Å². The van der Waals surface area contributed by atoms with Gasteiger partial charge in [-0.3, -0.25) is 9.52 Å². The molecule has 0 fully saturated rings. The summed E-state index contributed by atoms with van der Waals surface area (Å²) < 4.78 is 32.1. The number of fused-ring (bicyclic) bond motifs is 1. The molecule has 10 heteroatoms. The number of anilines is 1. The molecule has 1 atom stereocenters. The number of rotatable bonds is 7. The number of thiophene rings is 1. The number of aromatic hydroxyl groups is 1. The minimum Gasteiger partial charge on any atom is -0.507 e. The minimum atomic E-state index is -3.79. The lowest BCUT2D eigenvalue weighted by Crippen LogP contribution is -2.34. The number of hydrogen-bond donors (Lipinski definition) is 3. The van der Waals surface area contributed by atoms with E-state index in [1.165, 1.54) is 23.8 Å². The Balaban J connectivity index is 1.35. The smallest absolute Gasteiger partial charge is 0.342 e. The van der Waals surface area contributed by atoms with Gasteiger partial charge in [0.25, 0.3) is 15.9 Å². The van der Waals surface area contributed by atoms with Gasteiger partial charge in [0, 0.05) is 6.07 Å². The Morgan fingerprint density at radius 2 is 1.94 bits per heavy atom. The number of sulfonamides is 1. The molecule has 2 aromatic carbocycles. The number of hydrogen-bond acceptors (Lipinski definition) is 7. The maximum Gasteiger partial charge on any atom is 0.342 e. The van der Waals surface area contributed by atoms with Gasteiger partial charge in [-0.1, -0.05) is 30.3 Å². The lowest BCUT2D eigenvalue weighted by molar-refractivity contribution is -0.125. The van der Waals surface area contributed by atoms with Crippen molar-refractivity contribution in [2.45, 2.75) is 29.5 Å². The predicted molar refractivity (Wildman–Crippen MR) is 124 cm³/mol. The van der Waals surface area contributed by atoms with Gasteiger partial charge >= 0.3 is 5.97 Å². The number of benzene rings is 2. The van der Waals surface area contributed by atoms with E-state index in [0.29, 0.717) is 0 Å². The number of amides is 1. The highest BCUT2D eigenvalue weighted by Gasteiger charge is 2.23. The Kier molecular flexibility index (Phi) is 6.66. The van der Waals surface area contributed by atoms with Crippen LogP contribution in [0.4, 0.5) is 5.69 Å². The predicted octanol–water partition coefficient (Wildman–Crippen LogP) is 3.61. The van der Waals surface area contributed by atoms with Crippen LogP contribution in [0.25, 0.3) is 0 Å². The Hall–Kier alpha value is -3.37. The second-order valence-electron chi connectivity index (χ2n) is 7.56. The zero-order chi connectivity index (χ0) is 23.4. The molecule has 33 heavy (non-hydrogen) atoms. The molecular weight excluding hydrogens is 464 g/mol. The summed E-state index contributed by atoms with van der Waals surface area (Å²) in [5.74, 6) is -1.79. The van der Waals surface area contributed by atoms with Gasteiger partial charge in [-0.05, 0) is 54.0 Å². The number of aryl methyl sites for hydroxylation is 1. The fourth-order valence-corrected chi connectivity index (χ4v) is 5.78. The largest absolute Gasteiger partial charge is 0.507 e. The zero-order valence-corrected chi connectivity index (χ0v) is 19.1. The van der Waals surface area contributed by atoms with Crippen LogP contribution in [0.15, 0.2) is 64.2 Å². The van der Waals surface area contributed by atoms with E-state index < -0.39 is 34.3 Å². The molecule has 4 rings (SSSR count). The number of esters is 1. The van der Waals surface area contributed by atoms with Crippen molar-refractivity contribution in [3.8, 4) is 5.75 Å². The summed E-state index contributed by atoms with van der Waals surface area (Å²) in [5.41, 5.74) is 2.18. The van der Waals surface area contributed by atoms with E-state index in [-0.39, 0.29) is 21.5 Å². The van der Waals surface area contributed by atoms with E-state index in [0.717, 1.165) is 42.2 Å². The van der Waals surface area contributed by atoms with Gasteiger partial charge in [-0.2, -0.15) is 0 Å². The Labute approximate surface area is 195 Å². The highest BCUT2D eigenvalue weighted by atomic mass is 32.2. The average molecular weight is 487 g/mol. The van der Waals surface area contributed by atoms with Crippen molar-refractivity contribution >= 4 is 38.9 Å². The molecule has 1 aliphatic carbocycles. The van der Waals surface area contributed by atoms with Crippen molar-refractivity contribution in [3.05, 3.63) is 76.7 Å². The number of nitrogens with one attached hydrogen (secondary N) is 2.